The van der Waals surface area contributed by atoms with Gasteiger partial charge in [0.1, 0.15) is 0 Å². The van der Waals surface area contributed by atoms with Gasteiger partial charge in [-0.15, -0.1) is 0 Å². The Morgan fingerprint density at radius 2 is 2.20 bits per heavy atom. The van der Waals surface area contributed by atoms with Crippen LogP contribution in [0.25, 0.3) is 0 Å². The van der Waals surface area contributed by atoms with Crippen LogP contribution in [0.1, 0.15) is 0 Å². The molecule has 0 radical (unpaired) electrons. The molecule has 0 aromatic rings. The van der Waals surface area contributed by atoms with Gasteiger partial charge in [0, 0.05) is 5.57 Å². The first-order valence-corrected chi connectivity index (χ1v) is 1.41. The molecule has 0 spiro atoms. The van der Waals surface area contributed by atoms with Crippen LogP contribution in [0.3, 0.4) is 0 Å². The van der Waals surface area contributed by atoms with Crippen LogP contribution in [-0.2, 0) is 0 Å². The maximum Gasteiger partial charge on any atom is 0.0354 e. The van der Waals surface area contributed by atoms with Crippen molar-refractivity contribution in [2.75, 3.05) is 0 Å². The van der Waals surface area contributed by atoms with Gasteiger partial charge in [0.25, 0.3) is 0 Å². The average Bonchev–Trinajstić information content (AvgIpc) is 2.12. The summed E-state index contributed by atoms with van der Waals surface area (Å²) in [4.78, 5) is 0. The lowest BCUT2D eigenvalue weighted by atomic mass is 10.6. The highest BCUT2D eigenvalue weighted by atomic mass is 14.3. The van der Waals surface area contributed by atoms with E-state index in [4.69, 9.17) is 5.41 Å². The predicted molar refractivity (Wildman–Crippen MR) is 20.4 cm³/mol. The van der Waals surface area contributed by atoms with Crippen LogP contribution in [0.2, 0.25) is 0 Å². The summed E-state index contributed by atoms with van der Waals surface area (Å²) >= 11 is 0. The van der Waals surface area contributed by atoms with Gasteiger partial charge in [0.05, 0.1) is 0 Å². The third-order valence-electron chi connectivity index (χ3n) is 0.478. The Morgan fingerprint density at radius 1 is 1.60 bits per heavy atom. The van der Waals surface area contributed by atoms with Crippen molar-refractivity contribution in [2.24, 2.45) is 0 Å². The maximum absolute atomic E-state index is 6.37. The Balaban J connectivity index is 2.90. The predicted octanol–water partition coefficient (Wildman–Crippen LogP) is 0.731. The molecule has 1 aliphatic rings. The molecule has 5 heavy (non-hydrogen) atoms. The highest BCUT2D eigenvalue weighted by Gasteiger charge is 1.92. The standard InChI is InChI=1S/C4H3N/c5-3-4-1-2-4/h1-2,5H. The van der Waals surface area contributed by atoms with Crippen molar-refractivity contribution in [2.45, 2.75) is 0 Å². The summed E-state index contributed by atoms with van der Waals surface area (Å²) in [5.41, 5.74) is 0.921. The first-order valence-electron chi connectivity index (χ1n) is 1.41. The van der Waals surface area contributed by atoms with Crippen LogP contribution in [0.15, 0.2) is 17.7 Å². The van der Waals surface area contributed by atoms with Gasteiger partial charge in [-0.25, -0.2) is 0 Å². The minimum Gasteiger partial charge on any atom is -0.258 e. The van der Waals surface area contributed by atoms with Gasteiger partial charge in [-0.3, -0.25) is 5.41 Å². The minimum atomic E-state index is 0.921. The van der Waals surface area contributed by atoms with Gasteiger partial charge in [-0.1, -0.05) is 0 Å². The van der Waals surface area contributed by atoms with Crippen LogP contribution < -0.4 is 0 Å². The van der Waals surface area contributed by atoms with Crippen molar-refractivity contribution in [3.8, 4) is 0 Å². The van der Waals surface area contributed by atoms with Crippen molar-refractivity contribution < 1.29 is 0 Å². The van der Waals surface area contributed by atoms with Gasteiger partial charge in [0.2, 0.25) is 0 Å². The van der Waals surface area contributed by atoms with Crippen molar-refractivity contribution in [1.82, 2.24) is 0 Å². The Hall–Kier alpha value is -0.810. The van der Waals surface area contributed by atoms with E-state index in [1.807, 2.05) is 12.2 Å². The number of hydrogen-bond acceptors (Lipinski definition) is 1. The van der Waals surface area contributed by atoms with Crippen molar-refractivity contribution in [3.63, 3.8) is 0 Å². The number of rotatable bonds is 0. The monoisotopic (exact) mass is 65.0 g/mol. The second kappa shape index (κ2) is 0.568. The molecule has 0 atom stereocenters. The minimum absolute atomic E-state index is 0.921. The van der Waals surface area contributed by atoms with Crippen LogP contribution in [0, 0.1) is 5.41 Å². The summed E-state index contributed by atoms with van der Waals surface area (Å²) in [6.07, 6.45) is 3.68. The quantitative estimate of drug-likeness (QED) is 0.402. The lowest BCUT2D eigenvalue weighted by Crippen LogP contribution is -1.39. The molecular formula is C4H3N. The van der Waals surface area contributed by atoms with E-state index in [2.05, 4.69) is 5.87 Å². The summed E-state index contributed by atoms with van der Waals surface area (Å²) in [7, 11) is 0. The molecule has 0 fully saturated rings. The molecule has 1 heteroatoms. The molecule has 1 nitrogen and oxygen atoms in total. The van der Waals surface area contributed by atoms with Gasteiger partial charge in [-0.2, -0.15) is 0 Å². The summed E-state index contributed by atoms with van der Waals surface area (Å²) in [5, 5.41) is 6.37. The highest BCUT2D eigenvalue weighted by molar-refractivity contribution is 5.71. The van der Waals surface area contributed by atoms with Crippen molar-refractivity contribution in [3.05, 3.63) is 17.7 Å². The van der Waals surface area contributed by atoms with Crippen LogP contribution >= 0.6 is 0 Å². The van der Waals surface area contributed by atoms with Gasteiger partial charge in [0.15, 0.2) is 0 Å². The van der Waals surface area contributed by atoms with E-state index in [9.17, 15) is 0 Å². The normalized spacial score (nSPS) is 14.8. The molecule has 0 unspecified atom stereocenters. The van der Waals surface area contributed by atoms with Crippen LogP contribution in [0.4, 0.5) is 0 Å². The molecular weight excluding hydrogens is 62.1 g/mol. The fraction of sp³-hybridized carbons (Fsp3) is 0. The fourth-order valence-electron chi connectivity index (χ4n) is 0.125. The Labute approximate surface area is 30.1 Å². The summed E-state index contributed by atoms with van der Waals surface area (Å²) < 4.78 is 0. The molecule has 0 aromatic carbocycles. The second-order valence-corrected chi connectivity index (χ2v) is 0.914. The molecule has 0 amide bonds. The molecule has 1 aliphatic carbocycles. The lowest BCUT2D eigenvalue weighted by molar-refractivity contribution is 1.59. The van der Waals surface area contributed by atoms with E-state index in [1.54, 1.807) is 0 Å². The van der Waals surface area contributed by atoms with E-state index in [0.29, 0.717) is 0 Å². The molecule has 1 rings (SSSR count). The van der Waals surface area contributed by atoms with E-state index in [1.165, 1.54) is 0 Å². The smallest absolute Gasteiger partial charge is 0.0354 e. The Morgan fingerprint density at radius 3 is 2.20 bits per heavy atom. The number of nitrogens with one attached hydrogen (secondary N) is 1. The average molecular weight is 65.1 g/mol. The van der Waals surface area contributed by atoms with Gasteiger partial charge >= 0.3 is 0 Å². The number of hydrogen-bond donors (Lipinski definition) is 1. The van der Waals surface area contributed by atoms with E-state index < -0.39 is 0 Å². The SMILES string of the molecule is N=C=C1C=C1. The van der Waals surface area contributed by atoms with Crippen molar-refractivity contribution in [1.29, 1.82) is 5.41 Å². The molecule has 1 N–H and O–H groups in total. The fourth-order valence-corrected chi connectivity index (χ4v) is 0.125. The van der Waals surface area contributed by atoms with Gasteiger partial charge in [-0.05, 0) is 18.0 Å². The zero-order valence-corrected chi connectivity index (χ0v) is 2.65. The van der Waals surface area contributed by atoms with Crippen LogP contribution in [0.5, 0.6) is 0 Å². The van der Waals surface area contributed by atoms with E-state index in [-0.39, 0.29) is 0 Å². The summed E-state index contributed by atoms with van der Waals surface area (Å²) in [6.45, 7) is 0. The highest BCUT2D eigenvalue weighted by Crippen LogP contribution is 2.06. The van der Waals surface area contributed by atoms with Crippen molar-refractivity contribution >= 4 is 5.87 Å². The zero-order chi connectivity index (χ0) is 3.70. The van der Waals surface area contributed by atoms with Gasteiger partial charge < -0.3 is 0 Å². The Bertz CT molecular complexity index is 108. The molecule has 0 saturated heterocycles. The zero-order valence-electron chi connectivity index (χ0n) is 2.65. The van der Waals surface area contributed by atoms with Crippen LogP contribution in [-0.4, -0.2) is 5.87 Å². The Kier molecular flexibility index (Phi) is 0.276. The molecule has 0 aromatic heterocycles. The third-order valence-corrected chi connectivity index (χ3v) is 0.478. The van der Waals surface area contributed by atoms with E-state index >= 15 is 0 Å². The summed E-state index contributed by atoms with van der Waals surface area (Å²) in [6, 6.07) is 0. The third kappa shape index (κ3) is 0.257. The second-order valence-electron chi connectivity index (χ2n) is 0.914. The largest absolute Gasteiger partial charge is 0.258 e. The molecule has 0 aliphatic heterocycles. The molecule has 0 bridgehead atoms. The molecule has 0 heterocycles. The molecule has 24 valence electrons. The summed E-state index contributed by atoms with van der Waals surface area (Å²) in [5.74, 6) is 2.19. The topological polar surface area (TPSA) is 23.9 Å². The van der Waals surface area contributed by atoms with E-state index in [0.717, 1.165) is 5.57 Å². The number of allylic oxidation sites excluding steroid dienone is 3. The first-order chi connectivity index (χ1) is 2.43. The maximum atomic E-state index is 6.37. The first kappa shape index (κ1) is 2.43. The lowest BCUT2D eigenvalue weighted by Gasteiger charge is -1.43. The molecule has 0 saturated carbocycles.